The van der Waals surface area contributed by atoms with Crippen LogP contribution in [-0.4, -0.2) is 60.4 Å². The number of carbonyl (C=O) groups is 2. The van der Waals surface area contributed by atoms with Crippen LogP contribution < -0.4 is 16.2 Å². The van der Waals surface area contributed by atoms with Gasteiger partial charge in [-0.2, -0.15) is 0 Å². The maximum atomic E-state index is 12.8. The largest absolute Gasteiger partial charge is 0.423 e. The Balaban J connectivity index is 1.49. The van der Waals surface area contributed by atoms with E-state index < -0.39 is 5.97 Å². The molecule has 3 rings (SSSR count). The third-order valence-corrected chi connectivity index (χ3v) is 5.66. The van der Waals surface area contributed by atoms with E-state index in [1.54, 1.807) is 48.5 Å². The highest BCUT2D eigenvalue weighted by atomic mass is 16.5. The van der Waals surface area contributed by atoms with Gasteiger partial charge < -0.3 is 21.1 Å². The summed E-state index contributed by atoms with van der Waals surface area (Å²) >= 11 is 0. The molecular weight excluding hydrogens is 418 g/mol. The van der Waals surface area contributed by atoms with E-state index >= 15 is 0 Å². The fourth-order valence-corrected chi connectivity index (χ4v) is 3.77. The van der Waals surface area contributed by atoms with Crippen LogP contribution in [0.4, 0.5) is 5.69 Å². The minimum atomic E-state index is -0.500. The molecule has 0 radical (unpaired) electrons. The number of unbranched alkanes of at least 4 members (excludes halogenated alkanes) is 3. The van der Waals surface area contributed by atoms with E-state index in [0.717, 1.165) is 32.7 Å². The summed E-state index contributed by atoms with van der Waals surface area (Å²) in [6, 6.07) is 13.1. The number of carbonyl (C=O) groups excluding carboxylic acids is 2. The van der Waals surface area contributed by atoms with Gasteiger partial charge in [-0.15, -0.1) is 0 Å². The number of benzene rings is 2. The first-order chi connectivity index (χ1) is 16.0. The fraction of sp³-hybridized carbons (Fsp3) is 0.400. The Labute approximate surface area is 195 Å². The smallest absolute Gasteiger partial charge is 0.343 e. The van der Waals surface area contributed by atoms with E-state index in [2.05, 4.69) is 16.8 Å². The average Bonchev–Trinajstić information content (AvgIpc) is 2.82. The van der Waals surface area contributed by atoms with Gasteiger partial charge in [0.2, 0.25) is 0 Å². The van der Waals surface area contributed by atoms with Crippen molar-refractivity contribution in [2.75, 3.05) is 32.7 Å². The first-order valence-corrected chi connectivity index (χ1v) is 11.5. The van der Waals surface area contributed by atoms with Gasteiger partial charge in [0.15, 0.2) is 5.96 Å². The molecule has 0 aromatic heterocycles. The van der Waals surface area contributed by atoms with Crippen molar-refractivity contribution in [1.82, 2.24) is 9.80 Å². The second-order valence-corrected chi connectivity index (χ2v) is 8.19. The second kappa shape index (κ2) is 12.0. The summed E-state index contributed by atoms with van der Waals surface area (Å²) in [6.45, 7) is 6.62. The first kappa shape index (κ1) is 24.3. The van der Waals surface area contributed by atoms with E-state index in [4.69, 9.17) is 16.2 Å². The number of hydrogen-bond donors (Lipinski definition) is 2. The molecule has 1 aliphatic rings. The number of nitrogens with two attached hydrogens (primary N) is 2. The number of amides is 1. The van der Waals surface area contributed by atoms with Crippen molar-refractivity contribution in [2.24, 2.45) is 16.5 Å². The van der Waals surface area contributed by atoms with Crippen molar-refractivity contribution in [3.63, 3.8) is 0 Å². The standard InChI is InChI=1S/C25H33N5O3/c1-2-3-4-5-14-29-15-17-30(18-16-29)23(31)19-8-12-22(13-9-19)33-24(32)20-6-10-21(11-7-20)28-25(26)27/h6-13H,2-5,14-18H2,1H3,(H4,26,27,28). The van der Waals surface area contributed by atoms with Crippen LogP contribution in [0.2, 0.25) is 0 Å². The molecule has 176 valence electrons. The van der Waals surface area contributed by atoms with Crippen LogP contribution in [0.25, 0.3) is 0 Å². The van der Waals surface area contributed by atoms with E-state index in [1.807, 2.05) is 4.90 Å². The van der Waals surface area contributed by atoms with Gasteiger partial charge in [0.05, 0.1) is 11.3 Å². The summed E-state index contributed by atoms with van der Waals surface area (Å²) in [5, 5.41) is 0. The SMILES string of the molecule is CCCCCCN1CCN(C(=O)c2ccc(OC(=O)c3ccc(N=C(N)N)cc3)cc2)CC1. The summed E-state index contributed by atoms with van der Waals surface area (Å²) in [4.78, 5) is 33.4. The Morgan fingerprint density at radius 3 is 2.12 bits per heavy atom. The van der Waals surface area contributed by atoms with E-state index in [0.29, 0.717) is 22.6 Å². The summed E-state index contributed by atoms with van der Waals surface area (Å²) in [6.07, 6.45) is 5.03. The van der Waals surface area contributed by atoms with Crippen LogP contribution >= 0.6 is 0 Å². The van der Waals surface area contributed by atoms with Crippen molar-refractivity contribution >= 4 is 23.5 Å². The zero-order valence-corrected chi connectivity index (χ0v) is 19.2. The Morgan fingerprint density at radius 1 is 0.879 bits per heavy atom. The summed E-state index contributed by atoms with van der Waals surface area (Å²) in [5.41, 5.74) is 12.2. The number of guanidine groups is 1. The van der Waals surface area contributed by atoms with Gasteiger partial charge in [0, 0.05) is 31.7 Å². The van der Waals surface area contributed by atoms with Crippen molar-refractivity contribution in [3.8, 4) is 5.75 Å². The topological polar surface area (TPSA) is 114 Å². The lowest BCUT2D eigenvalue weighted by molar-refractivity contribution is 0.0635. The lowest BCUT2D eigenvalue weighted by atomic mass is 10.1. The van der Waals surface area contributed by atoms with Crippen molar-refractivity contribution in [3.05, 3.63) is 59.7 Å². The molecule has 1 saturated heterocycles. The minimum Gasteiger partial charge on any atom is -0.423 e. The van der Waals surface area contributed by atoms with Gasteiger partial charge in [0.1, 0.15) is 5.75 Å². The third-order valence-electron chi connectivity index (χ3n) is 5.66. The van der Waals surface area contributed by atoms with Crippen LogP contribution in [-0.2, 0) is 0 Å². The van der Waals surface area contributed by atoms with E-state index in [9.17, 15) is 9.59 Å². The highest BCUT2D eigenvalue weighted by Gasteiger charge is 2.22. The Kier molecular flexibility index (Phi) is 8.83. The third kappa shape index (κ3) is 7.32. The molecule has 0 unspecified atom stereocenters. The zero-order chi connectivity index (χ0) is 23.6. The van der Waals surface area contributed by atoms with Crippen LogP contribution in [0.5, 0.6) is 5.75 Å². The average molecular weight is 452 g/mol. The molecular formula is C25H33N5O3. The Morgan fingerprint density at radius 2 is 1.52 bits per heavy atom. The van der Waals surface area contributed by atoms with E-state index in [1.165, 1.54) is 25.7 Å². The highest BCUT2D eigenvalue weighted by Crippen LogP contribution is 2.18. The number of hydrogen-bond acceptors (Lipinski definition) is 5. The number of ether oxygens (including phenoxy) is 1. The van der Waals surface area contributed by atoms with Gasteiger partial charge >= 0.3 is 5.97 Å². The van der Waals surface area contributed by atoms with Crippen LogP contribution in [0.15, 0.2) is 53.5 Å². The van der Waals surface area contributed by atoms with Crippen LogP contribution in [0.1, 0.15) is 53.3 Å². The van der Waals surface area contributed by atoms with Gasteiger partial charge in [-0.1, -0.05) is 26.2 Å². The minimum absolute atomic E-state index is 0.00818. The predicted molar refractivity (Wildman–Crippen MR) is 130 cm³/mol. The maximum Gasteiger partial charge on any atom is 0.343 e. The second-order valence-electron chi connectivity index (χ2n) is 8.19. The molecule has 4 N–H and O–H groups in total. The molecule has 0 bridgehead atoms. The lowest BCUT2D eigenvalue weighted by Gasteiger charge is -2.34. The molecule has 2 aromatic carbocycles. The molecule has 0 aliphatic carbocycles. The Bertz CT molecular complexity index is 945. The number of rotatable bonds is 9. The molecule has 1 aliphatic heterocycles. The highest BCUT2D eigenvalue weighted by molar-refractivity contribution is 5.95. The molecule has 1 heterocycles. The van der Waals surface area contributed by atoms with Gasteiger partial charge in [0.25, 0.3) is 5.91 Å². The number of piperazine rings is 1. The Hall–Kier alpha value is -3.39. The molecule has 1 amide bonds. The fourth-order valence-electron chi connectivity index (χ4n) is 3.77. The van der Waals surface area contributed by atoms with Crippen molar-refractivity contribution < 1.29 is 14.3 Å². The summed E-state index contributed by atoms with van der Waals surface area (Å²) in [7, 11) is 0. The quantitative estimate of drug-likeness (QED) is 0.199. The van der Waals surface area contributed by atoms with Crippen LogP contribution in [0.3, 0.4) is 0 Å². The number of nitrogens with zero attached hydrogens (tertiary/aromatic N) is 3. The molecule has 33 heavy (non-hydrogen) atoms. The monoisotopic (exact) mass is 451 g/mol. The molecule has 1 fully saturated rings. The lowest BCUT2D eigenvalue weighted by Crippen LogP contribution is -2.48. The van der Waals surface area contributed by atoms with Crippen molar-refractivity contribution in [1.29, 1.82) is 0 Å². The summed E-state index contributed by atoms with van der Waals surface area (Å²) in [5.74, 6) is -0.166. The molecule has 2 aromatic rings. The number of aliphatic imine (C=N–C) groups is 1. The molecule has 0 atom stereocenters. The van der Waals surface area contributed by atoms with Gasteiger partial charge in [-0.25, -0.2) is 9.79 Å². The van der Waals surface area contributed by atoms with Gasteiger partial charge in [-0.3, -0.25) is 9.69 Å². The molecule has 0 spiro atoms. The normalized spacial score (nSPS) is 14.0. The van der Waals surface area contributed by atoms with Gasteiger partial charge in [-0.05, 0) is 61.5 Å². The maximum absolute atomic E-state index is 12.8. The van der Waals surface area contributed by atoms with Crippen LogP contribution in [0, 0.1) is 0 Å². The predicted octanol–water partition coefficient (Wildman–Crippen LogP) is 3.15. The molecule has 8 nitrogen and oxygen atoms in total. The first-order valence-electron chi connectivity index (χ1n) is 11.5. The molecule has 0 saturated carbocycles. The zero-order valence-electron chi connectivity index (χ0n) is 19.2. The molecule has 8 heteroatoms. The number of esters is 1. The van der Waals surface area contributed by atoms with Crippen molar-refractivity contribution in [2.45, 2.75) is 32.6 Å². The van der Waals surface area contributed by atoms with E-state index in [-0.39, 0.29) is 11.9 Å². The summed E-state index contributed by atoms with van der Waals surface area (Å²) < 4.78 is 5.41.